The molecule has 1 amide bonds. The fourth-order valence-corrected chi connectivity index (χ4v) is 1.91. The average molecular weight is 336 g/mol. The van der Waals surface area contributed by atoms with E-state index >= 15 is 0 Å². The molecule has 0 saturated carbocycles. The molecule has 3 N–H and O–H groups in total. The van der Waals surface area contributed by atoms with E-state index in [-0.39, 0.29) is 30.7 Å². The fourth-order valence-electron chi connectivity index (χ4n) is 1.91. The summed E-state index contributed by atoms with van der Waals surface area (Å²) in [7, 11) is 2.06. The number of unbranched alkanes of at least 4 members (excludes halogenated alkanes) is 1. The van der Waals surface area contributed by atoms with E-state index in [4.69, 9.17) is 5.73 Å². The molecule has 1 aromatic carbocycles. The van der Waals surface area contributed by atoms with Crippen molar-refractivity contribution in [3.05, 3.63) is 29.8 Å². The predicted molar refractivity (Wildman–Crippen MR) is 95.1 cm³/mol. The fraction of sp³-hybridized carbons (Fsp3) is 0.533. The van der Waals surface area contributed by atoms with Gasteiger partial charge >= 0.3 is 0 Å². The summed E-state index contributed by atoms with van der Waals surface area (Å²) in [5.74, 6) is -0.0123. The minimum absolute atomic E-state index is 0. The van der Waals surface area contributed by atoms with Crippen LogP contribution in [0.15, 0.2) is 24.3 Å². The van der Waals surface area contributed by atoms with Crippen molar-refractivity contribution >= 4 is 36.4 Å². The third kappa shape index (κ3) is 8.15. The van der Waals surface area contributed by atoms with E-state index in [1.165, 1.54) is 0 Å². The third-order valence-corrected chi connectivity index (χ3v) is 3.05. The molecule has 1 rings (SSSR count). The average Bonchev–Trinajstić information content (AvgIpc) is 2.44. The summed E-state index contributed by atoms with van der Waals surface area (Å²) in [4.78, 5) is 14.0. The SMILES string of the molecule is CCCN(C)c1ccc(C(=O)NCCCCN)cc1.Cl.Cl. The number of carbonyl (C=O) groups excluding carboxylic acids is 1. The first kappa shape index (κ1) is 22.3. The lowest BCUT2D eigenvalue weighted by Gasteiger charge is -2.18. The number of hydrogen-bond donors (Lipinski definition) is 2. The molecule has 0 bridgehead atoms. The predicted octanol–water partition coefficient (Wildman–Crippen LogP) is 2.85. The van der Waals surface area contributed by atoms with Crippen LogP contribution in [0, 0.1) is 0 Å². The van der Waals surface area contributed by atoms with Crippen LogP contribution in [0.4, 0.5) is 5.69 Å². The Morgan fingerprint density at radius 2 is 1.81 bits per heavy atom. The molecule has 0 saturated heterocycles. The molecule has 0 fully saturated rings. The van der Waals surface area contributed by atoms with Gasteiger partial charge in [-0.15, -0.1) is 24.8 Å². The molecule has 0 aliphatic rings. The van der Waals surface area contributed by atoms with Crippen LogP contribution in [0.5, 0.6) is 0 Å². The van der Waals surface area contributed by atoms with Gasteiger partial charge in [0.2, 0.25) is 0 Å². The summed E-state index contributed by atoms with van der Waals surface area (Å²) >= 11 is 0. The first-order valence-corrected chi connectivity index (χ1v) is 6.98. The molecule has 0 unspecified atom stereocenters. The highest BCUT2D eigenvalue weighted by molar-refractivity contribution is 5.94. The van der Waals surface area contributed by atoms with Crippen molar-refractivity contribution in [2.45, 2.75) is 26.2 Å². The maximum Gasteiger partial charge on any atom is 0.251 e. The molecule has 122 valence electrons. The first-order chi connectivity index (χ1) is 9.19. The van der Waals surface area contributed by atoms with Crippen LogP contribution in [0.25, 0.3) is 0 Å². The van der Waals surface area contributed by atoms with Crippen LogP contribution < -0.4 is 16.0 Å². The highest BCUT2D eigenvalue weighted by Crippen LogP contribution is 2.14. The zero-order valence-electron chi connectivity index (χ0n) is 12.8. The molecule has 0 atom stereocenters. The van der Waals surface area contributed by atoms with E-state index in [0.717, 1.165) is 31.5 Å². The van der Waals surface area contributed by atoms with E-state index in [1.54, 1.807) is 0 Å². The number of nitrogens with one attached hydrogen (secondary N) is 1. The van der Waals surface area contributed by atoms with Crippen molar-refractivity contribution in [3.63, 3.8) is 0 Å². The Labute approximate surface area is 140 Å². The molecular formula is C15H27Cl2N3O. The molecular weight excluding hydrogens is 309 g/mol. The summed E-state index contributed by atoms with van der Waals surface area (Å²) in [6, 6.07) is 7.73. The van der Waals surface area contributed by atoms with Gasteiger partial charge in [0, 0.05) is 31.4 Å². The largest absolute Gasteiger partial charge is 0.375 e. The number of nitrogens with two attached hydrogens (primary N) is 1. The van der Waals surface area contributed by atoms with Gasteiger partial charge in [-0.1, -0.05) is 6.92 Å². The lowest BCUT2D eigenvalue weighted by atomic mass is 10.2. The molecule has 0 aromatic heterocycles. The van der Waals surface area contributed by atoms with Crippen LogP contribution in [0.3, 0.4) is 0 Å². The van der Waals surface area contributed by atoms with E-state index in [0.29, 0.717) is 18.7 Å². The summed E-state index contributed by atoms with van der Waals surface area (Å²) in [6.07, 6.45) is 2.99. The lowest BCUT2D eigenvalue weighted by Crippen LogP contribution is -2.25. The van der Waals surface area contributed by atoms with Gasteiger partial charge in [-0.3, -0.25) is 4.79 Å². The van der Waals surface area contributed by atoms with Crippen LogP contribution in [-0.2, 0) is 0 Å². The topological polar surface area (TPSA) is 58.4 Å². The molecule has 0 radical (unpaired) electrons. The number of anilines is 1. The van der Waals surface area contributed by atoms with Gasteiger partial charge in [0.05, 0.1) is 0 Å². The zero-order chi connectivity index (χ0) is 14.1. The second-order valence-electron chi connectivity index (χ2n) is 4.72. The quantitative estimate of drug-likeness (QED) is 0.718. The van der Waals surface area contributed by atoms with Crippen molar-refractivity contribution < 1.29 is 4.79 Å². The minimum Gasteiger partial charge on any atom is -0.375 e. The molecule has 0 aliphatic heterocycles. The smallest absolute Gasteiger partial charge is 0.251 e. The Hall–Kier alpha value is -0.970. The van der Waals surface area contributed by atoms with Crippen molar-refractivity contribution in [2.24, 2.45) is 5.73 Å². The number of carbonyl (C=O) groups is 1. The van der Waals surface area contributed by atoms with E-state index < -0.39 is 0 Å². The normalized spacial score (nSPS) is 9.29. The summed E-state index contributed by atoms with van der Waals surface area (Å²) < 4.78 is 0. The number of benzene rings is 1. The van der Waals surface area contributed by atoms with Crippen molar-refractivity contribution in [1.82, 2.24) is 5.32 Å². The molecule has 0 aliphatic carbocycles. The van der Waals surface area contributed by atoms with Crippen LogP contribution in [-0.4, -0.2) is 32.6 Å². The van der Waals surface area contributed by atoms with Crippen molar-refractivity contribution in [1.29, 1.82) is 0 Å². The van der Waals surface area contributed by atoms with Crippen LogP contribution in [0.2, 0.25) is 0 Å². The maximum atomic E-state index is 11.9. The van der Waals surface area contributed by atoms with Crippen molar-refractivity contribution in [2.75, 3.05) is 31.6 Å². The van der Waals surface area contributed by atoms with E-state index in [2.05, 4.69) is 24.2 Å². The number of halogens is 2. The van der Waals surface area contributed by atoms with Crippen molar-refractivity contribution in [3.8, 4) is 0 Å². The Morgan fingerprint density at radius 3 is 2.33 bits per heavy atom. The Balaban J connectivity index is 0. The van der Waals surface area contributed by atoms with E-state index in [9.17, 15) is 4.79 Å². The van der Waals surface area contributed by atoms with Gasteiger partial charge in [-0.05, 0) is 50.1 Å². The second-order valence-corrected chi connectivity index (χ2v) is 4.72. The Kier molecular flexibility index (Phi) is 13.5. The standard InChI is InChI=1S/C15H25N3O.2ClH/c1-3-12-18(2)14-8-6-13(7-9-14)15(19)17-11-5-4-10-16;;/h6-9H,3-5,10-12,16H2,1-2H3,(H,17,19);2*1H. The van der Waals surface area contributed by atoms with E-state index in [1.807, 2.05) is 24.3 Å². The molecule has 0 spiro atoms. The zero-order valence-corrected chi connectivity index (χ0v) is 14.4. The Morgan fingerprint density at radius 1 is 1.19 bits per heavy atom. The number of hydrogen-bond acceptors (Lipinski definition) is 3. The highest BCUT2D eigenvalue weighted by Gasteiger charge is 2.05. The molecule has 4 nitrogen and oxygen atoms in total. The van der Waals surface area contributed by atoms with Gasteiger partial charge in [0.15, 0.2) is 0 Å². The van der Waals surface area contributed by atoms with Gasteiger partial charge in [-0.25, -0.2) is 0 Å². The summed E-state index contributed by atoms with van der Waals surface area (Å²) in [6.45, 7) is 4.53. The lowest BCUT2D eigenvalue weighted by molar-refractivity contribution is 0.0953. The van der Waals surface area contributed by atoms with Gasteiger partial charge < -0.3 is 16.0 Å². The number of rotatable bonds is 8. The van der Waals surface area contributed by atoms with Crippen LogP contribution in [0.1, 0.15) is 36.5 Å². The maximum absolute atomic E-state index is 11.9. The Bertz CT molecular complexity index is 385. The van der Waals surface area contributed by atoms with Crippen LogP contribution >= 0.6 is 24.8 Å². The second kappa shape index (κ2) is 12.7. The van der Waals surface area contributed by atoms with Gasteiger partial charge in [0.1, 0.15) is 0 Å². The molecule has 21 heavy (non-hydrogen) atoms. The van der Waals surface area contributed by atoms with Gasteiger partial charge in [-0.2, -0.15) is 0 Å². The monoisotopic (exact) mass is 335 g/mol. The summed E-state index contributed by atoms with van der Waals surface area (Å²) in [5, 5.41) is 2.90. The molecule has 1 aromatic rings. The molecule has 6 heteroatoms. The first-order valence-electron chi connectivity index (χ1n) is 6.98. The third-order valence-electron chi connectivity index (χ3n) is 3.05. The molecule has 0 heterocycles. The summed E-state index contributed by atoms with van der Waals surface area (Å²) in [5.41, 5.74) is 7.26. The van der Waals surface area contributed by atoms with Gasteiger partial charge in [0.25, 0.3) is 5.91 Å². The number of amides is 1. The highest BCUT2D eigenvalue weighted by atomic mass is 35.5. The number of nitrogens with zero attached hydrogens (tertiary/aromatic N) is 1. The minimum atomic E-state index is -0.0123.